The highest BCUT2D eigenvalue weighted by molar-refractivity contribution is 5.73. The van der Waals surface area contributed by atoms with Crippen molar-refractivity contribution in [1.82, 2.24) is 10.2 Å². The summed E-state index contributed by atoms with van der Waals surface area (Å²) in [7, 11) is 1.75. The molecule has 0 radical (unpaired) electrons. The van der Waals surface area contributed by atoms with Gasteiger partial charge in [-0.3, -0.25) is 0 Å². The molecule has 0 aliphatic heterocycles. The summed E-state index contributed by atoms with van der Waals surface area (Å²) in [6.45, 7) is 7.40. The maximum atomic E-state index is 11.7. The molecule has 0 saturated carbocycles. The molecule has 16 heavy (non-hydrogen) atoms. The number of carbonyl (C=O) groups excluding carboxylic acids is 1. The average Bonchev–Trinajstić information content (AvgIpc) is 2.65. The van der Waals surface area contributed by atoms with Gasteiger partial charge >= 0.3 is 6.03 Å². The first-order valence-corrected chi connectivity index (χ1v) is 5.40. The fraction of sp³-hybridized carbons (Fsp3) is 0.583. The molecule has 0 unspecified atom stereocenters. The number of nitrogens with zero attached hydrogens (tertiary/aromatic N) is 1. The topological polar surface area (TPSA) is 45.5 Å². The lowest BCUT2D eigenvalue weighted by Gasteiger charge is -2.22. The molecule has 1 aromatic heterocycles. The molecule has 1 rings (SSSR count). The third-order valence-corrected chi connectivity index (χ3v) is 2.09. The molecule has 0 atom stereocenters. The summed E-state index contributed by atoms with van der Waals surface area (Å²) in [5, 5.41) is 2.88. The minimum atomic E-state index is -0.0775. The van der Waals surface area contributed by atoms with E-state index in [1.54, 1.807) is 18.2 Å². The van der Waals surface area contributed by atoms with Crippen LogP contribution < -0.4 is 5.32 Å². The van der Waals surface area contributed by atoms with Crippen LogP contribution in [0.25, 0.3) is 0 Å². The second kappa shape index (κ2) is 5.05. The largest absolute Gasteiger partial charge is 0.467 e. The van der Waals surface area contributed by atoms with E-state index in [4.69, 9.17) is 4.42 Å². The zero-order valence-electron chi connectivity index (χ0n) is 10.4. The van der Waals surface area contributed by atoms with Crippen LogP contribution in [-0.4, -0.2) is 24.5 Å². The highest BCUT2D eigenvalue weighted by Crippen LogP contribution is 2.10. The normalized spacial score (nSPS) is 11.2. The van der Waals surface area contributed by atoms with Crippen molar-refractivity contribution in [2.24, 2.45) is 5.41 Å². The molecule has 4 heteroatoms. The van der Waals surface area contributed by atoms with Crippen LogP contribution in [0.5, 0.6) is 0 Å². The smallest absolute Gasteiger partial charge is 0.317 e. The Hall–Kier alpha value is -1.45. The predicted molar refractivity (Wildman–Crippen MR) is 63.0 cm³/mol. The molecule has 1 aromatic rings. The highest BCUT2D eigenvalue weighted by Gasteiger charge is 2.14. The summed E-state index contributed by atoms with van der Waals surface area (Å²) in [6, 6.07) is 3.59. The summed E-state index contributed by atoms with van der Waals surface area (Å²) in [5.41, 5.74) is 0.0984. The van der Waals surface area contributed by atoms with Crippen molar-refractivity contribution >= 4 is 6.03 Å². The Labute approximate surface area is 96.6 Å². The van der Waals surface area contributed by atoms with Gasteiger partial charge in [0.15, 0.2) is 0 Å². The molecular weight excluding hydrogens is 204 g/mol. The summed E-state index contributed by atoms with van der Waals surface area (Å²) in [5.74, 6) is 0.786. The average molecular weight is 224 g/mol. The van der Waals surface area contributed by atoms with E-state index in [2.05, 4.69) is 26.1 Å². The van der Waals surface area contributed by atoms with Gasteiger partial charge in [-0.1, -0.05) is 20.8 Å². The van der Waals surface area contributed by atoms with Crippen molar-refractivity contribution in [3.05, 3.63) is 24.2 Å². The van der Waals surface area contributed by atoms with Gasteiger partial charge in [-0.2, -0.15) is 0 Å². The Morgan fingerprint density at radius 1 is 1.50 bits per heavy atom. The Morgan fingerprint density at radius 2 is 2.19 bits per heavy atom. The first kappa shape index (κ1) is 12.6. The van der Waals surface area contributed by atoms with Crippen LogP contribution in [0, 0.1) is 5.41 Å². The van der Waals surface area contributed by atoms with Gasteiger partial charge < -0.3 is 14.6 Å². The number of furan rings is 1. The maximum absolute atomic E-state index is 11.7. The van der Waals surface area contributed by atoms with Gasteiger partial charge in [0, 0.05) is 13.6 Å². The number of nitrogens with one attached hydrogen (secondary N) is 1. The van der Waals surface area contributed by atoms with E-state index in [1.807, 2.05) is 12.1 Å². The molecular formula is C12H20N2O2. The van der Waals surface area contributed by atoms with E-state index >= 15 is 0 Å². The van der Waals surface area contributed by atoms with E-state index in [0.29, 0.717) is 13.1 Å². The van der Waals surface area contributed by atoms with Gasteiger partial charge in [0.2, 0.25) is 0 Å². The number of hydrogen-bond acceptors (Lipinski definition) is 2. The molecule has 0 aromatic carbocycles. The van der Waals surface area contributed by atoms with Gasteiger partial charge in [0.1, 0.15) is 5.76 Å². The number of carbonyl (C=O) groups is 1. The zero-order valence-corrected chi connectivity index (χ0v) is 10.4. The van der Waals surface area contributed by atoms with Crippen molar-refractivity contribution in [3.63, 3.8) is 0 Å². The second-order valence-corrected chi connectivity index (χ2v) is 5.15. The van der Waals surface area contributed by atoms with Crippen molar-refractivity contribution < 1.29 is 9.21 Å². The molecule has 0 fully saturated rings. The molecule has 0 bridgehead atoms. The lowest BCUT2D eigenvalue weighted by atomic mass is 9.97. The fourth-order valence-corrected chi connectivity index (χ4v) is 1.18. The maximum Gasteiger partial charge on any atom is 0.317 e. The monoisotopic (exact) mass is 224 g/mol. The first-order chi connectivity index (χ1) is 7.38. The molecule has 0 aliphatic rings. The zero-order chi connectivity index (χ0) is 12.2. The van der Waals surface area contributed by atoms with Crippen molar-refractivity contribution in [3.8, 4) is 0 Å². The van der Waals surface area contributed by atoms with E-state index in [1.165, 1.54) is 0 Å². The lowest BCUT2D eigenvalue weighted by Crippen LogP contribution is -2.40. The van der Waals surface area contributed by atoms with E-state index in [-0.39, 0.29) is 11.4 Å². The predicted octanol–water partition coefficient (Wildman–Crippen LogP) is 2.47. The summed E-state index contributed by atoms with van der Waals surface area (Å²) >= 11 is 0. The van der Waals surface area contributed by atoms with Crippen LogP contribution in [0.4, 0.5) is 4.79 Å². The number of amides is 2. The Kier molecular flexibility index (Phi) is 3.99. The number of urea groups is 1. The third kappa shape index (κ3) is 4.38. The minimum absolute atomic E-state index is 0.0775. The van der Waals surface area contributed by atoms with E-state index in [0.717, 1.165) is 5.76 Å². The molecule has 4 nitrogen and oxygen atoms in total. The van der Waals surface area contributed by atoms with Crippen LogP contribution in [0.15, 0.2) is 22.8 Å². The van der Waals surface area contributed by atoms with Crippen LogP contribution >= 0.6 is 0 Å². The number of rotatable bonds is 3. The second-order valence-electron chi connectivity index (χ2n) is 5.15. The van der Waals surface area contributed by atoms with Crippen LogP contribution in [0.2, 0.25) is 0 Å². The number of hydrogen-bond donors (Lipinski definition) is 1. The summed E-state index contributed by atoms with van der Waals surface area (Å²) < 4.78 is 5.18. The Bertz CT molecular complexity index is 325. The van der Waals surface area contributed by atoms with Gasteiger partial charge in [-0.15, -0.1) is 0 Å². The lowest BCUT2D eigenvalue weighted by molar-refractivity contribution is 0.198. The quantitative estimate of drug-likeness (QED) is 0.857. The summed E-state index contributed by atoms with van der Waals surface area (Å²) in [4.78, 5) is 13.3. The first-order valence-electron chi connectivity index (χ1n) is 5.40. The van der Waals surface area contributed by atoms with Gasteiger partial charge in [0.05, 0.1) is 12.8 Å². The molecule has 1 N–H and O–H groups in total. The van der Waals surface area contributed by atoms with Crippen LogP contribution in [0.3, 0.4) is 0 Å². The SMILES string of the molecule is CN(Cc1ccco1)C(=O)NCC(C)(C)C. The fourth-order valence-electron chi connectivity index (χ4n) is 1.18. The Balaban J connectivity index is 2.37. The van der Waals surface area contributed by atoms with E-state index < -0.39 is 0 Å². The summed E-state index contributed by atoms with van der Waals surface area (Å²) in [6.07, 6.45) is 1.61. The highest BCUT2D eigenvalue weighted by atomic mass is 16.3. The Morgan fingerprint density at radius 3 is 2.69 bits per heavy atom. The van der Waals surface area contributed by atoms with Gasteiger partial charge in [0.25, 0.3) is 0 Å². The molecule has 1 heterocycles. The molecule has 0 spiro atoms. The molecule has 0 aliphatic carbocycles. The molecule has 0 saturated heterocycles. The molecule has 90 valence electrons. The minimum Gasteiger partial charge on any atom is -0.467 e. The van der Waals surface area contributed by atoms with Gasteiger partial charge in [-0.05, 0) is 17.5 Å². The van der Waals surface area contributed by atoms with E-state index in [9.17, 15) is 4.79 Å². The van der Waals surface area contributed by atoms with Gasteiger partial charge in [-0.25, -0.2) is 4.79 Å². The molecule has 2 amide bonds. The third-order valence-electron chi connectivity index (χ3n) is 2.09. The van der Waals surface area contributed by atoms with Crippen LogP contribution in [-0.2, 0) is 6.54 Å². The van der Waals surface area contributed by atoms with Crippen molar-refractivity contribution in [2.75, 3.05) is 13.6 Å². The van der Waals surface area contributed by atoms with Crippen molar-refractivity contribution in [2.45, 2.75) is 27.3 Å². The van der Waals surface area contributed by atoms with Crippen LogP contribution in [0.1, 0.15) is 26.5 Å². The van der Waals surface area contributed by atoms with Crippen molar-refractivity contribution in [1.29, 1.82) is 0 Å². The standard InChI is InChI=1S/C12H20N2O2/c1-12(2,3)9-13-11(15)14(4)8-10-6-5-7-16-10/h5-7H,8-9H2,1-4H3,(H,13,15).